The molecule has 0 radical (unpaired) electrons. The van der Waals surface area contributed by atoms with Gasteiger partial charge in [0.1, 0.15) is 17.8 Å². The molecule has 2 unspecified atom stereocenters. The molecule has 2 aromatic rings. The van der Waals surface area contributed by atoms with Crippen LogP contribution >= 0.6 is 0 Å². The number of rotatable bonds is 8. The minimum atomic E-state index is 0.000573. The number of hydrogen-bond donors (Lipinski definition) is 0. The van der Waals surface area contributed by atoms with Crippen LogP contribution in [0.25, 0.3) is 5.76 Å². The third kappa shape index (κ3) is 4.19. The molecular weight excluding hydrogens is 308 g/mol. The first-order valence-corrected chi connectivity index (χ1v) is 9.32. The molecular formula is C23H26O2. The molecule has 0 amide bonds. The Bertz CT molecular complexity index is 718. The SMILES string of the molecule is CCCCCCC(C=O)C1C=C(c2ccccc2)Oc2ccccc21. The second kappa shape index (κ2) is 8.66. The van der Waals surface area contributed by atoms with Crippen LogP contribution in [-0.2, 0) is 4.79 Å². The minimum absolute atomic E-state index is 0.000573. The lowest BCUT2D eigenvalue weighted by molar-refractivity contribution is -0.111. The standard InChI is InChI=1S/C23H26O2/c1-2-3-4-6-13-19(17-24)21-16-23(18-11-7-5-8-12-18)25-22-15-10-9-14-20(21)22/h5,7-12,14-17,19,21H,2-4,6,13H2,1H3. The van der Waals surface area contributed by atoms with Crippen molar-refractivity contribution in [3.8, 4) is 5.75 Å². The van der Waals surface area contributed by atoms with Crippen molar-refractivity contribution in [1.29, 1.82) is 0 Å². The van der Waals surface area contributed by atoms with Gasteiger partial charge in [0.2, 0.25) is 0 Å². The van der Waals surface area contributed by atoms with Crippen LogP contribution in [0.1, 0.15) is 56.1 Å². The molecule has 2 atom stereocenters. The molecule has 0 spiro atoms. The molecule has 0 N–H and O–H groups in total. The van der Waals surface area contributed by atoms with Gasteiger partial charge in [-0.2, -0.15) is 0 Å². The highest BCUT2D eigenvalue weighted by Gasteiger charge is 2.28. The zero-order chi connectivity index (χ0) is 17.5. The summed E-state index contributed by atoms with van der Waals surface area (Å²) in [7, 11) is 0. The third-order valence-electron chi connectivity index (χ3n) is 4.91. The monoisotopic (exact) mass is 334 g/mol. The van der Waals surface area contributed by atoms with Crippen LogP contribution in [0.4, 0.5) is 0 Å². The molecule has 0 saturated carbocycles. The van der Waals surface area contributed by atoms with Gasteiger partial charge >= 0.3 is 0 Å². The molecule has 0 aromatic heterocycles. The van der Waals surface area contributed by atoms with Crippen molar-refractivity contribution in [3.63, 3.8) is 0 Å². The smallest absolute Gasteiger partial charge is 0.131 e. The summed E-state index contributed by atoms with van der Waals surface area (Å²) in [4.78, 5) is 11.9. The highest BCUT2D eigenvalue weighted by Crippen LogP contribution is 2.41. The van der Waals surface area contributed by atoms with E-state index in [2.05, 4.69) is 19.1 Å². The van der Waals surface area contributed by atoms with Crippen molar-refractivity contribution in [2.45, 2.75) is 44.9 Å². The van der Waals surface area contributed by atoms with Crippen molar-refractivity contribution < 1.29 is 9.53 Å². The minimum Gasteiger partial charge on any atom is -0.457 e. The fraction of sp³-hybridized carbons (Fsp3) is 0.348. The number of carbonyl (C=O) groups excluding carboxylic acids is 1. The van der Waals surface area contributed by atoms with Gasteiger partial charge in [-0.25, -0.2) is 0 Å². The maximum atomic E-state index is 11.9. The van der Waals surface area contributed by atoms with Crippen molar-refractivity contribution >= 4 is 12.0 Å². The van der Waals surface area contributed by atoms with E-state index in [1.165, 1.54) is 19.3 Å². The molecule has 0 fully saturated rings. The van der Waals surface area contributed by atoms with Crippen LogP contribution in [0.3, 0.4) is 0 Å². The van der Waals surface area contributed by atoms with Gasteiger partial charge in [-0.15, -0.1) is 0 Å². The van der Waals surface area contributed by atoms with Gasteiger partial charge in [-0.05, 0) is 18.6 Å². The molecule has 1 aliphatic heterocycles. The first-order valence-electron chi connectivity index (χ1n) is 9.32. The van der Waals surface area contributed by atoms with Gasteiger partial charge < -0.3 is 9.53 Å². The lowest BCUT2D eigenvalue weighted by atomic mass is 9.81. The Morgan fingerprint density at radius 1 is 1.00 bits per heavy atom. The number of aldehydes is 1. The molecule has 2 aromatic carbocycles. The topological polar surface area (TPSA) is 26.3 Å². The van der Waals surface area contributed by atoms with Gasteiger partial charge in [-0.3, -0.25) is 0 Å². The van der Waals surface area contributed by atoms with Crippen LogP contribution in [0.5, 0.6) is 5.75 Å². The Hall–Kier alpha value is -2.35. The largest absolute Gasteiger partial charge is 0.457 e. The van der Waals surface area contributed by atoms with Gasteiger partial charge in [0.15, 0.2) is 0 Å². The Labute approximate surface area is 150 Å². The van der Waals surface area contributed by atoms with E-state index in [1.54, 1.807) is 0 Å². The summed E-state index contributed by atoms with van der Waals surface area (Å²) in [6, 6.07) is 18.2. The normalized spacial score (nSPS) is 17.2. The summed E-state index contributed by atoms with van der Waals surface area (Å²) in [6.07, 6.45) is 8.95. The zero-order valence-corrected chi connectivity index (χ0v) is 14.9. The highest BCUT2D eigenvalue weighted by atomic mass is 16.5. The first kappa shape index (κ1) is 17.5. The van der Waals surface area contributed by atoms with Crippen LogP contribution in [0.15, 0.2) is 60.7 Å². The summed E-state index contributed by atoms with van der Waals surface area (Å²) in [5.74, 6) is 1.80. The molecule has 25 heavy (non-hydrogen) atoms. The van der Waals surface area contributed by atoms with Crippen molar-refractivity contribution in [2.24, 2.45) is 5.92 Å². The molecule has 0 saturated heterocycles. The van der Waals surface area contributed by atoms with Gasteiger partial charge in [0.05, 0.1) is 0 Å². The van der Waals surface area contributed by atoms with E-state index in [1.807, 2.05) is 48.5 Å². The number of benzene rings is 2. The van der Waals surface area contributed by atoms with E-state index in [-0.39, 0.29) is 11.8 Å². The van der Waals surface area contributed by atoms with E-state index in [9.17, 15) is 4.79 Å². The molecule has 0 aliphatic carbocycles. The zero-order valence-electron chi connectivity index (χ0n) is 14.9. The van der Waals surface area contributed by atoms with Crippen LogP contribution in [-0.4, -0.2) is 6.29 Å². The second-order valence-electron chi connectivity index (χ2n) is 6.71. The van der Waals surface area contributed by atoms with Gasteiger partial charge in [0.25, 0.3) is 0 Å². The molecule has 2 nitrogen and oxygen atoms in total. The second-order valence-corrected chi connectivity index (χ2v) is 6.71. The van der Waals surface area contributed by atoms with Crippen molar-refractivity contribution in [1.82, 2.24) is 0 Å². The number of fused-ring (bicyclic) bond motifs is 1. The average molecular weight is 334 g/mol. The van der Waals surface area contributed by atoms with Crippen molar-refractivity contribution in [2.75, 3.05) is 0 Å². The molecule has 1 heterocycles. The lowest BCUT2D eigenvalue weighted by Gasteiger charge is -2.28. The highest BCUT2D eigenvalue weighted by molar-refractivity contribution is 5.69. The number of ether oxygens (including phenoxy) is 1. The number of carbonyl (C=O) groups is 1. The Morgan fingerprint density at radius 2 is 1.76 bits per heavy atom. The molecule has 1 aliphatic rings. The fourth-order valence-corrected chi connectivity index (χ4v) is 3.51. The fourth-order valence-electron chi connectivity index (χ4n) is 3.51. The summed E-state index contributed by atoms with van der Waals surface area (Å²) in [5, 5.41) is 0. The van der Waals surface area contributed by atoms with E-state index in [0.29, 0.717) is 0 Å². The molecule has 130 valence electrons. The molecule has 0 bridgehead atoms. The van der Waals surface area contributed by atoms with Crippen molar-refractivity contribution in [3.05, 3.63) is 71.8 Å². The quantitative estimate of drug-likeness (QED) is 0.438. The first-order chi connectivity index (χ1) is 12.3. The maximum absolute atomic E-state index is 11.9. The Balaban J connectivity index is 1.88. The average Bonchev–Trinajstić information content (AvgIpc) is 2.68. The number of unbranched alkanes of at least 4 members (excludes halogenated alkanes) is 3. The summed E-state index contributed by atoms with van der Waals surface area (Å²) in [6.45, 7) is 2.21. The van der Waals surface area contributed by atoms with Gasteiger partial charge in [-0.1, -0.05) is 81.1 Å². The maximum Gasteiger partial charge on any atom is 0.131 e. The van der Waals surface area contributed by atoms with E-state index in [0.717, 1.165) is 41.8 Å². The number of hydrogen-bond acceptors (Lipinski definition) is 2. The van der Waals surface area contributed by atoms with E-state index >= 15 is 0 Å². The predicted octanol–water partition coefficient (Wildman–Crippen LogP) is 5.99. The summed E-state index contributed by atoms with van der Waals surface area (Å²) < 4.78 is 6.13. The Kier molecular flexibility index (Phi) is 6.05. The van der Waals surface area contributed by atoms with Gasteiger partial charge in [0, 0.05) is 23.0 Å². The third-order valence-corrected chi connectivity index (χ3v) is 4.91. The summed E-state index contributed by atoms with van der Waals surface area (Å²) in [5.41, 5.74) is 2.17. The Morgan fingerprint density at radius 3 is 2.52 bits per heavy atom. The lowest BCUT2D eigenvalue weighted by Crippen LogP contribution is -2.18. The van der Waals surface area contributed by atoms with Crippen LogP contribution in [0, 0.1) is 5.92 Å². The van der Waals surface area contributed by atoms with E-state index < -0.39 is 0 Å². The number of para-hydroxylation sites is 1. The molecule has 2 heteroatoms. The van der Waals surface area contributed by atoms with Crippen LogP contribution < -0.4 is 4.74 Å². The van der Waals surface area contributed by atoms with E-state index in [4.69, 9.17) is 4.74 Å². The predicted molar refractivity (Wildman–Crippen MR) is 103 cm³/mol. The molecule has 3 rings (SSSR count). The summed E-state index contributed by atoms with van der Waals surface area (Å²) >= 11 is 0. The number of allylic oxidation sites excluding steroid dienone is 1. The van der Waals surface area contributed by atoms with Crippen LogP contribution in [0.2, 0.25) is 0 Å².